The number of ether oxygens (including phenoxy) is 1. The molecule has 1 aliphatic heterocycles. The zero-order valence-electron chi connectivity index (χ0n) is 17.3. The molecule has 1 aliphatic carbocycles. The lowest BCUT2D eigenvalue weighted by Crippen LogP contribution is -2.36. The zero-order chi connectivity index (χ0) is 21.1. The van der Waals surface area contributed by atoms with Crippen LogP contribution in [0.3, 0.4) is 0 Å². The molecule has 160 valence electrons. The Balaban J connectivity index is 1.55. The third-order valence-electron chi connectivity index (χ3n) is 5.79. The van der Waals surface area contributed by atoms with Crippen LogP contribution in [0.2, 0.25) is 0 Å². The third-order valence-corrected chi connectivity index (χ3v) is 7.69. The van der Waals surface area contributed by atoms with Crippen molar-refractivity contribution < 1.29 is 17.9 Å². The Bertz CT molecular complexity index is 994. The lowest BCUT2D eigenvalue weighted by Gasteiger charge is -2.26. The number of piperidine rings is 1. The molecule has 0 N–H and O–H groups in total. The second kappa shape index (κ2) is 8.78. The number of sulfonamides is 1. The van der Waals surface area contributed by atoms with Gasteiger partial charge in [0.25, 0.3) is 5.91 Å². The molecule has 1 saturated heterocycles. The Morgan fingerprint density at radius 3 is 2.40 bits per heavy atom. The number of nitrogens with zero attached hydrogens (tertiary/aromatic N) is 2. The van der Waals surface area contributed by atoms with E-state index in [0.717, 1.165) is 43.4 Å². The van der Waals surface area contributed by atoms with Gasteiger partial charge >= 0.3 is 0 Å². The van der Waals surface area contributed by atoms with E-state index in [1.54, 1.807) is 25.3 Å². The van der Waals surface area contributed by atoms with Crippen LogP contribution < -0.4 is 4.74 Å². The fraction of sp³-hybridized carbons (Fsp3) is 0.435. The van der Waals surface area contributed by atoms with E-state index in [0.29, 0.717) is 25.2 Å². The first-order valence-corrected chi connectivity index (χ1v) is 12.0. The number of hydrogen-bond acceptors (Lipinski definition) is 4. The number of hydrogen-bond donors (Lipinski definition) is 0. The molecule has 2 aromatic carbocycles. The van der Waals surface area contributed by atoms with Gasteiger partial charge in [0.1, 0.15) is 5.75 Å². The number of benzene rings is 2. The van der Waals surface area contributed by atoms with Crippen molar-refractivity contribution in [1.82, 2.24) is 9.21 Å². The lowest BCUT2D eigenvalue weighted by atomic mass is 10.1. The van der Waals surface area contributed by atoms with Crippen molar-refractivity contribution in [3.05, 3.63) is 59.7 Å². The van der Waals surface area contributed by atoms with Crippen LogP contribution in [0.4, 0.5) is 0 Å². The molecule has 1 saturated carbocycles. The van der Waals surface area contributed by atoms with E-state index in [1.165, 1.54) is 10.4 Å². The summed E-state index contributed by atoms with van der Waals surface area (Å²) in [6, 6.07) is 14.4. The van der Waals surface area contributed by atoms with Gasteiger partial charge in [0.05, 0.1) is 12.0 Å². The van der Waals surface area contributed by atoms with Crippen molar-refractivity contribution in [3.8, 4) is 5.75 Å². The third kappa shape index (κ3) is 4.52. The Hall–Kier alpha value is -2.38. The highest BCUT2D eigenvalue weighted by molar-refractivity contribution is 7.89. The first-order chi connectivity index (χ1) is 14.5. The van der Waals surface area contributed by atoms with Crippen LogP contribution in [0.1, 0.15) is 48.0 Å². The summed E-state index contributed by atoms with van der Waals surface area (Å²) in [6.07, 6.45) is 4.79. The van der Waals surface area contributed by atoms with E-state index in [1.807, 2.05) is 29.2 Å². The van der Waals surface area contributed by atoms with Crippen molar-refractivity contribution in [3.63, 3.8) is 0 Å². The van der Waals surface area contributed by atoms with Gasteiger partial charge in [0.2, 0.25) is 10.0 Å². The first-order valence-electron chi connectivity index (χ1n) is 10.5. The molecule has 0 unspecified atom stereocenters. The van der Waals surface area contributed by atoms with E-state index >= 15 is 0 Å². The summed E-state index contributed by atoms with van der Waals surface area (Å²) >= 11 is 0. The lowest BCUT2D eigenvalue weighted by molar-refractivity contribution is 0.0729. The predicted molar refractivity (Wildman–Crippen MR) is 115 cm³/mol. The van der Waals surface area contributed by atoms with Crippen LogP contribution in [0.5, 0.6) is 5.75 Å². The van der Waals surface area contributed by atoms with Gasteiger partial charge in [-0.05, 0) is 61.6 Å². The van der Waals surface area contributed by atoms with Crippen molar-refractivity contribution in [2.45, 2.75) is 49.6 Å². The number of carbonyl (C=O) groups is 1. The van der Waals surface area contributed by atoms with Gasteiger partial charge in [-0.2, -0.15) is 4.31 Å². The molecule has 4 rings (SSSR count). The smallest absolute Gasteiger partial charge is 0.254 e. The quantitative estimate of drug-likeness (QED) is 0.675. The van der Waals surface area contributed by atoms with Crippen LogP contribution in [0.25, 0.3) is 0 Å². The molecule has 0 radical (unpaired) electrons. The Kier molecular flexibility index (Phi) is 6.11. The van der Waals surface area contributed by atoms with Gasteiger partial charge in [0.15, 0.2) is 0 Å². The predicted octanol–water partition coefficient (Wildman–Crippen LogP) is 3.67. The number of rotatable bonds is 7. The van der Waals surface area contributed by atoms with Gasteiger partial charge in [-0.15, -0.1) is 0 Å². The van der Waals surface area contributed by atoms with E-state index in [-0.39, 0.29) is 16.8 Å². The van der Waals surface area contributed by atoms with Gasteiger partial charge in [-0.3, -0.25) is 4.79 Å². The molecule has 0 atom stereocenters. The maximum absolute atomic E-state index is 13.3. The minimum absolute atomic E-state index is 0.121. The standard InChI is InChI=1S/C23H28N2O4S/c1-29-21-12-8-18(9-13-21)17-25(20-10-11-20)23(26)19-6-5-7-22(16-19)30(27,28)24-14-3-2-4-15-24/h5-9,12-13,16,20H,2-4,10-11,14-15,17H2,1H3. The van der Waals surface area contributed by atoms with Crippen LogP contribution in [0.15, 0.2) is 53.4 Å². The molecule has 2 aromatic rings. The van der Waals surface area contributed by atoms with Gasteiger partial charge in [-0.1, -0.05) is 24.6 Å². The SMILES string of the molecule is COc1ccc(CN(C(=O)c2cccc(S(=O)(=O)N3CCCCC3)c2)C2CC2)cc1. The van der Waals surface area contributed by atoms with Crippen molar-refractivity contribution in [1.29, 1.82) is 0 Å². The molecule has 1 amide bonds. The minimum atomic E-state index is -3.57. The largest absolute Gasteiger partial charge is 0.497 e. The van der Waals surface area contributed by atoms with E-state index < -0.39 is 10.0 Å². The second-order valence-electron chi connectivity index (χ2n) is 8.00. The van der Waals surface area contributed by atoms with Crippen molar-refractivity contribution in [2.24, 2.45) is 0 Å². The van der Waals surface area contributed by atoms with E-state index in [4.69, 9.17) is 4.74 Å². The number of carbonyl (C=O) groups excluding carboxylic acids is 1. The van der Waals surface area contributed by atoms with Gasteiger partial charge in [0, 0.05) is 31.2 Å². The normalized spacial score (nSPS) is 17.5. The molecule has 1 heterocycles. The molecule has 7 heteroatoms. The highest BCUT2D eigenvalue weighted by atomic mass is 32.2. The molecule has 0 spiro atoms. The summed E-state index contributed by atoms with van der Waals surface area (Å²) in [5.41, 5.74) is 1.45. The first kappa shape index (κ1) is 20.9. The van der Waals surface area contributed by atoms with Crippen LogP contribution in [0, 0.1) is 0 Å². The topological polar surface area (TPSA) is 66.9 Å². The van der Waals surface area contributed by atoms with Gasteiger partial charge in [-0.25, -0.2) is 8.42 Å². The van der Waals surface area contributed by atoms with Crippen LogP contribution >= 0.6 is 0 Å². The molecule has 6 nitrogen and oxygen atoms in total. The Morgan fingerprint density at radius 2 is 1.77 bits per heavy atom. The summed E-state index contributed by atoms with van der Waals surface area (Å²) in [6.45, 7) is 1.59. The average Bonchev–Trinajstić information content (AvgIpc) is 3.63. The number of methoxy groups -OCH3 is 1. The number of amides is 1. The highest BCUT2D eigenvalue weighted by Gasteiger charge is 2.34. The average molecular weight is 429 g/mol. The van der Waals surface area contributed by atoms with E-state index in [2.05, 4.69) is 0 Å². The maximum Gasteiger partial charge on any atom is 0.254 e. The monoisotopic (exact) mass is 428 g/mol. The molecule has 2 fully saturated rings. The molecule has 0 bridgehead atoms. The molecule has 2 aliphatic rings. The molecule has 30 heavy (non-hydrogen) atoms. The fourth-order valence-corrected chi connectivity index (χ4v) is 5.45. The summed E-state index contributed by atoms with van der Waals surface area (Å²) in [5, 5.41) is 0. The summed E-state index contributed by atoms with van der Waals surface area (Å²) in [7, 11) is -1.94. The molecule has 0 aromatic heterocycles. The minimum Gasteiger partial charge on any atom is -0.497 e. The van der Waals surface area contributed by atoms with Crippen molar-refractivity contribution in [2.75, 3.05) is 20.2 Å². The highest BCUT2D eigenvalue weighted by Crippen LogP contribution is 2.31. The molecular weight excluding hydrogens is 400 g/mol. The zero-order valence-corrected chi connectivity index (χ0v) is 18.1. The maximum atomic E-state index is 13.3. The Morgan fingerprint density at radius 1 is 1.07 bits per heavy atom. The van der Waals surface area contributed by atoms with Crippen LogP contribution in [-0.2, 0) is 16.6 Å². The molecular formula is C23H28N2O4S. The summed E-state index contributed by atoms with van der Waals surface area (Å²) < 4.78 is 32.8. The Labute approximate surface area is 178 Å². The second-order valence-corrected chi connectivity index (χ2v) is 9.94. The van der Waals surface area contributed by atoms with Gasteiger partial charge < -0.3 is 9.64 Å². The van der Waals surface area contributed by atoms with Crippen LogP contribution in [-0.4, -0.2) is 49.8 Å². The summed E-state index contributed by atoms with van der Waals surface area (Å²) in [4.78, 5) is 15.4. The summed E-state index contributed by atoms with van der Waals surface area (Å²) in [5.74, 6) is 0.655. The fourth-order valence-electron chi connectivity index (χ4n) is 3.89. The van der Waals surface area contributed by atoms with E-state index in [9.17, 15) is 13.2 Å². The van der Waals surface area contributed by atoms with Crippen molar-refractivity contribution >= 4 is 15.9 Å².